The van der Waals surface area contributed by atoms with Crippen LogP contribution in [0, 0.1) is 0 Å². The fourth-order valence-corrected chi connectivity index (χ4v) is 3.38. The zero-order valence-corrected chi connectivity index (χ0v) is 12.6. The molecule has 1 aromatic heterocycles. The summed E-state index contributed by atoms with van der Waals surface area (Å²) in [6.07, 6.45) is 0. The lowest BCUT2D eigenvalue weighted by Gasteiger charge is -2.05. The molecule has 0 aliphatic heterocycles. The summed E-state index contributed by atoms with van der Waals surface area (Å²) in [6, 6.07) is 16.0. The minimum atomic E-state index is -0.204. The van der Waals surface area contributed by atoms with Crippen LogP contribution >= 0.6 is 22.9 Å². The summed E-state index contributed by atoms with van der Waals surface area (Å²) in [6.45, 7) is 2.64. The molecule has 0 fully saturated rings. The Balaban J connectivity index is 1.96. The van der Waals surface area contributed by atoms with Crippen molar-refractivity contribution in [2.75, 3.05) is 6.61 Å². The molecule has 102 valence electrons. The van der Waals surface area contributed by atoms with E-state index in [1.165, 1.54) is 0 Å². The average molecular weight is 304 g/mol. The minimum absolute atomic E-state index is 0.204. The van der Waals surface area contributed by atoms with E-state index in [0.29, 0.717) is 6.61 Å². The van der Waals surface area contributed by atoms with Crippen LogP contribution in [0.15, 0.2) is 48.5 Å². The Labute approximate surface area is 127 Å². The highest BCUT2D eigenvalue weighted by atomic mass is 35.5. The van der Waals surface area contributed by atoms with Gasteiger partial charge in [0.05, 0.1) is 16.8 Å². The summed E-state index contributed by atoms with van der Waals surface area (Å²) < 4.78 is 6.62. The lowest BCUT2D eigenvalue weighted by Crippen LogP contribution is -1.91. The van der Waals surface area contributed by atoms with Crippen LogP contribution in [0.25, 0.3) is 10.2 Å². The van der Waals surface area contributed by atoms with E-state index in [2.05, 4.69) is 4.98 Å². The molecule has 2 aromatic carbocycles. The van der Waals surface area contributed by atoms with Gasteiger partial charge in [-0.1, -0.05) is 30.3 Å². The van der Waals surface area contributed by atoms with Crippen LogP contribution in [0.3, 0.4) is 0 Å². The molecule has 2 nitrogen and oxygen atoms in total. The zero-order chi connectivity index (χ0) is 13.9. The van der Waals surface area contributed by atoms with E-state index < -0.39 is 0 Å². The van der Waals surface area contributed by atoms with Crippen LogP contribution in [0.4, 0.5) is 0 Å². The largest absolute Gasteiger partial charge is 0.494 e. The second-order valence-corrected chi connectivity index (χ2v) is 5.89. The number of thiazole rings is 1. The van der Waals surface area contributed by atoms with Gasteiger partial charge >= 0.3 is 0 Å². The third-order valence-corrected chi connectivity index (χ3v) is 4.67. The van der Waals surface area contributed by atoms with Gasteiger partial charge in [-0.15, -0.1) is 22.9 Å². The molecular formula is C16H14ClNOS. The number of halogens is 1. The van der Waals surface area contributed by atoms with Crippen LogP contribution in [0.5, 0.6) is 5.75 Å². The van der Waals surface area contributed by atoms with Crippen LogP contribution in [-0.4, -0.2) is 11.6 Å². The van der Waals surface area contributed by atoms with Crippen LogP contribution in [0.1, 0.15) is 22.9 Å². The molecule has 1 atom stereocenters. The molecule has 0 saturated carbocycles. The van der Waals surface area contributed by atoms with E-state index in [1.807, 2.05) is 55.5 Å². The molecule has 0 saturated heterocycles. The number of ether oxygens (including phenoxy) is 1. The molecule has 0 aliphatic rings. The first kappa shape index (κ1) is 13.4. The van der Waals surface area contributed by atoms with Crippen molar-refractivity contribution in [2.24, 2.45) is 0 Å². The molecule has 3 rings (SSSR count). The maximum Gasteiger partial charge on any atom is 0.120 e. The fraction of sp³-hybridized carbons (Fsp3) is 0.188. The Morgan fingerprint density at radius 2 is 2.00 bits per heavy atom. The Morgan fingerprint density at radius 1 is 1.20 bits per heavy atom. The maximum absolute atomic E-state index is 6.52. The molecule has 1 unspecified atom stereocenters. The topological polar surface area (TPSA) is 22.1 Å². The van der Waals surface area contributed by atoms with Gasteiger partial charge in [0.1, 0.15) is 16.1 Å². The lowest BCUT2D eigenvalue weighted by atomic mass is 10.1. The zero-order valence-electron chi connectivity index (χ0n) is 11.0. The third kappa shape index (κ3) is 2.65. The molecule has 0 spiro atoms. The number of nitrogens with zero attached hydrogens (tertiary/aromatic N) is 1. The number of benzene rings is 2. The van der Waals surface area contributed by atoms with Crippen molar-refractivity contribution in [3.8, 4) is 5.75 Å². The van der Waals surface area contributed by atoms with Crippen molar-refractivity contribution in [1.82, 2.24) is 4.98 Å². The van der Waals surface area contributed by atoms with E-state index in [0.717, 1.165) is 26.5 Å². The van der Waals surface area contributed by atoms with Crippen molar-refractivity contribution < 1.29 is 4.74 Å². The molecule has 0 amide bonds. The first-order valence-electron chi connectivity index (χ1n) is 6.50. The molecule has 1 heterocycles. The quantitative estimate of drug-likeness (QED) is 0.631. The van der Waals surface area contributed by atoms with Crippen LogP contribution in [0.2, 0.25) is 0 Å². The first-order valence-corrected chi connectivity index (χ1v) is 7.75. The molecule has 0 bridgehead atoms. The minimum Gasteiger partial charge on any atom is -0.494 e. The van der Waals surface area contributed by atoms with Crippen molar-refractivity contribution in [2.45, 2.75) is 12.3 Å². The maximum atomic E-state index is 6.52. The highest BCUT2D eigenvalue weighted by molar-refractivity contribution is 7.18. The van der Waals surface area contributed by atoms with Gasteiger partial charge in [-0.05, 0) is 30.7 Å². The van der Waals surface area contributed by atoms with Gasteiger partial charge < -0.3 is 4.74 Å². The monoisotopic (exact) mass is 303 g/mol. The van der Waals surface area contributed by atoms with Crippen molar-refractivity contribution in [1.29, 1.82) is 0 Å². The number of fused-ring (bicyclic) bond motifs is 1. The number of alkyl halides is 1. The van der Waals surface area contributed by atoms with E-state index in [9.17, 15) is 0 Å². The van der Waals surface area contributed by atoms with Gasteiger partial charge in [0.2, 0.25) is 0 Å². The average Bonchev–Trinajstić information content (AvgIpc) is 2.91. The fourth-order valence-electron chi connectivity index (χ4n) is 2.05. The Kier molecular flexibility index (Phi) is 3.90. The normalized spacial score (nSPS) is 12.5. The summed E-state index contributed by atoms with van der Waals surface area (Å²) in [4.78, 5) is 4.62. The molecule has 0 aliphatic carbocycles. The third-order valence-electron chi connectivity index (χ3n) is 3.00. The number of hydrogen-bond donors (Lipinski definition) is 0. The number of aromatic nitrogens is 1. The summed E-state index contributed by atoms with van der Waals surface area (Å²) in [5.41, 5.74) is 2.04. The predicted octanol–water partition coefficient (Wildman–Crippen LogP) is 5.02. The SMILES string of the molecule is CCOc1ccc2nc(C(Cl)c3ccccc3)sc2c1. The van der Waals surface area contributed by atoms with Crippen molar-refractivity contribution >= 4 is 33.2 Å². The Hall–Kier alpha value is -1.58. The van der Waals surface area contributed by atoms with E-state index in [1.54, 1.807) is 11.3 Å². The highest BCUT2D eigenvalue weighted by Crippen LogP contribution is 2.35. The summed E-state index contributed by atoms with van der Waals surface area (Å²) in [7, 11) is 0. The van der Waals surface area contributed by atoms with Gasteiger partial charge in [0.15, 0.2) is 0 Å². The molecule has 4 heteroatoms. The smallest absolute Gasteiger partial charge is 0.120 e. The second-order valence-electron chi connectivity index (χ2n) is 4.39. The van der Waals surface area contributed by atoms with E-state index in [4.69, 9.17) is 16.3 Å². The Morgan fingerprint density at radius 3 is 2.75 bits per heavy atom. The van der Waals surface area contributed by atoms with E-state index >= 15 is 0 Å². The van der Waals surface area contributed by atoms with Gasteiger partial charge in [-0.3, -0.25) is 0 Å². The van der Waals surface area contributed by atoms with Crippen LogP contribution < -0.4 is 4.74 Å². The van der Waals surface area contributed by atoms with Crippen molar-refractivity contribution in [3.05, 3.63) is 59.1 Å². The standard InChI is InChI=1S/C16H14ClNOS/c1-2-19-12-8-9-13-14(10-12)20-16(18-13)15(17)11-6-4-3-5-7-11/h3-10,15H,2H2,1H3. The lowest BCUT2D eigenvalue weighted by molar-refractivity contribution is 0.341. The summed E-state index contributed by atoms with van der Waals surface area (Å²) in [5.74, 6) is 0.876. The molecule has 0 N–H and O–H groups in total. The van der Waals surface area contributed by atoms with Gasteiger partial charge in [-0.25, -0.2) is 4.98 Å². The molecule has 3 aromatic rings. The summed E-state index contributed by atoms with van der Waals surface area (Å²) >= 11 is 8.14. The molecular weight excluding hydrogens is 290 g/mol. The first-order chi connectivity index (χ1) is 9.78. The van der Waals surface area contributed by atoms with Gasteiger partial charge in [0.25, 0.3) is 0 Å². The highest BCUT2D eigenvalue weighted by Gasteiger charge is 2.15. The van der Waals surface area contributed by atoms with Gasteiger partial charge in [0, 0.05) is 0 Å². The second kappa shape index (κ2) is 5.81. The predicted molar refractivity (Wildman–Crippen MR) is 84.9 cm³/mol. The van der Waals surface area contributed by atoms with Crippen LogP contribution in [-0.2, 0) is 0 Å². The number of hydrogen-bond acceptors (Lipinski definition) is 3. The number of rotatable bonds is 4. The molecule has 0 radical (unpaired) electrons. The molecule has 20 heavy (non-hydrogen) atoms. The Bertz CT molecular complexity index is 711. The van der Waals surface area contributed by atoms with E-state index in [-0.39, 0.29) is 5.38 Å². The van der Waals surface area contributed by atoms with Crippen molar-refractivity contribution in [3.63, 3.8) is 0 Å². The van der Waals surface area contributed by atoms with Gasteiger partial charge in [-0.2, -0.15) is 0 Å². The summed E-state index contributed by atoms with van der Waals surface area (Å²) in [5, 5.41) is 0.714.